The van der Waals surface area contributed by atoms with E-state index in [1.165, 1.54) is 13.2 Å². The Labute approximate surface area is 136 Å². The zero-order chi connectivity index (χ0) is 16.4. The van der Waals surface area contributed by atoms with Crippen LogP contribution in [0.15, 0.2) is 42.5 Å². The molecule has 0 atom stereocenters. The SMILES string of the molecule is COc1ccc(C(=O)O)c(Nc2nc(Cl)nc3ccccc23)c1. The molecular formula is C16H12ClN3O3. The lowest BCUT2D eigenvalue weighted by Crippen LogP contribution is -2.05. The zero-order valence-corrected chi connectivity index (χ0v) is 12.8. The maximum absolute atomic E-state index is 11.4. The number of aromatic nitrogens is 2. The Morgan fingerprint density at radius 1 is 1.22 bits per heavy atom. The van der Waals surface area contributed by atoms with Gasteiger partial charge in [0.05, 0.1) is 23.9 Å². The molecule has 0 unspecified atom stereocenters. The van der Waals surface area contributed by atoms with Crippen LogP contribution in [-0.2, 0) is 0 Å². The Bertz CT molecular complexity index is 899. The summed E-state index contributed by atoms with van der Waals surface area (Å²) in [5.41, 5.74) is 1.12. The Hall–Kier alpha value is -2.86. The average molecular weight is 330 g/mol. The molecule has 116 valence electrons. The van der Waals surface area contributed by atoms with E-state index in [0.717, 1.165) is 5.39 Å². The highest BCUT2D eigenvalue weighted by molar-refractivity contribution is 6.28. The fourth-order valence-electron chi connectivity index (χ4n) is 2.21. The summed E-state index contributed by atoms with van der Waals surface area (Å²) in [5, 5.41) is 13.2. The predicted molar refractivity (Wildman–Crippen MR) is 87.8 cm³/mol. The topological polar surface area (TPSA) is 84.3 Å². The molecule has 6 nitrogen and oxygen atoms in total. The van der Waals surface area contributed by atoms with Crippen LogP contribution in [-0.4, -0.2) is 28.2 Å². The minimum Gasteiger partial charge on any atom is -0.497 e. The van der Waals surface area contributed by atoms with Gasteiger partial charge in [-0.05, 0) is 35.9 Å². The molecule has 0 amide bonds. The molecule has 2 aromatic carbocycles. The highest BCUT2D eigenvalue weighted by atomic mass is 35.5. The van der Waals surface area contributed by atoms with Gasteiger partial charge >= 0.3 is 5.97 Å². The number of hydrogen-bond donors (Lipinski definition) is 2. The third kappa shape index (κ3) is 3.02. The van der Waals surface area contributed by atoms with E-state index < -0.39 is 5.97 Å². The van der Waals surface area contributed by atoms with E-state index in [1.54, 1.807) is 18.2 Å². The van der Waals surface area contributed by atoms with Crippen LogP contribution in [0.5, 0.6) is 5.75 Å². The Kier molecular flexibility index (Phi) is 3.99. The molecule has 0 saturated carbocycles. The molecule has 0 fully saturated rings. The molecule has 0 aliphatic rings. The van der Waals surface area contributed by atoms with Gasteiger partial charge in [0.2, 0.25) is 5.28 Å². The van der Waals surface area contributed by atoms with Crippen molar-refractivity contribution >= 4 is 40.0 Å². The number of fused-ring (bicyclic) bond motifs is 1. The summed E-state index contributed by atoms with van der Waals surface area (Å²) in [6, 6.07) is 12.0. The van der Waals surface area contributed by atoms with Gasteiger partial charge in [0.15, 0.2) is 0 Å². The summed E-state index contributed by atoms with van der Waals surface area (Å²) in [5.74, 6) is -0.0991. The second kappa shape index (κ2) is 6.10. The van der Waals surface area contributed by atoms with Crippen molar-refractivity contribution in [3.05, 3.63) is 53.3 Å². The van der Waals surface area contributed by atoms with E-state index in [4.69, 9.17) is 16.3 Å². The molecule has 0 radical (unpaired) electrons. The lowest BCUT2D eigenvalue weighted by Gasteiger charge is -2.12. The summed E-state index contributed by atoms with van der Waals surface area (Å²) in [4.78, 5) is 19.7. The predicted octanol–water partition coefficient (Wildman–Crippen LogP) is 3.73. The fourth-order valence-corrected chi connectivity index (χ4v) is 2.39. The first-order valence-electron chi connectivity index (χ1n) is 6.69. The number of benzene rings is 2. The summed E-state index contributed by atoms with van der Waals surface area (Å²) < 4.78 is 5.15. The molecular weight excluding hydrogens is 318 g/mol. The molecule has 3 aromatic rings. The van der Waals surface area contributed by atoms with Gasteiger partial charge in [-0.25, -0.2) is 9.78 Å². The number of para-hydroxylation sites is 1. The largest absolute Gasteiger partial charge is 0.497 e. The summed E-state index contributed by atoms with van der Waals surface area (Å²) in [7, 11) is 1.51. The van der Waals surface area contributed by atoms with Crippen molar-refractivity contribution in [1.29, 1.82) is 0 Å². The number of carboxylic acids is 1. The molecule has 1 aromatic heterocycles. The highest BCUT2D eigenvalue weighted by Gasteiger charge is 2.14. The maximum atomic E-state index is 11.4. The van der Waals surface area contributed by atoms with Crippen molar-refractivity contribution in [2.24, 2.45) is 0 Å². The third-order valence-corrected chi connectivity index (χ3v) is 3.46. The standard InChI is InChI=1S/C16H12ClN3O3/c1-23-9-6-7-11(15(21)22)13(8-9)18-14-10-4-2-3-5-12(10)19-16(17)20-14/h2-8H,1H3,(H,21,22)(H,18,19,20). The zero-order valence-electron chi connectivity index (χ0n) is 12.1. The number of hydrogen-bond acceptors (Lipinski definition) is 5. The van der Waals surface area contributed by atoms with Crippen molar-refractivity contribution in [3.8, 4) is 5.75 Å². The van der Waals surface area contributed by atoms with Crippen LogP contribution >= 0.6 is 11.6 Å². The number of carbonyl (C=O) groups is 1. The smallest absolute Gasteiger partial charge is 0.337 e. The molecule has 0 saturated heterocycles. The number of halogens is 1. The number of aromatic carboxylic acids is 1. The van der Waals surface area contributed by atoms with Crippen molar-refractivity contribution in [3.63, 3.8) is 0 Å². The van der Waals surface area contributed by atoms with E-state index in [1.807, 2.05) is 18.2 Å². The van der Waals surface area contributed by atoms with Crippen molar-refractivity contribution in [2.45, 2.75) is 0 Å². The first kappa shape index (κ1) is 15.1. The number of methoxy groups -OCH3 is 1. The third-order valence-electron chi connectivity index (χ3n) is 3.29. The first-order valence-corrected chi connectivity index (χ1v) is 7.07. The van der Waals surface area contributed by atoms with Gasteiger partial charge in [-0.3, -0.25) is 0 Å². The Morgan fingerprint density at radius 3 is 2.74 bits per heavy atom. The van der Waals surface area contributed by atoms with E-state index >= 15 is 0 Å². The van der Waals surface area contributed by atoms with Crippen molar-refractivity contribution in [2.75, 3.05) is 12.4 Å². The maximum Gasteiger partial charge on any atom is 0.337 e. The van der Waals surface area contributed by atoms with Crippen LogP contribution in [0.1, 0.15) is 10.4 Å². The molecule has 2 N–H and O–H groups in total. The second-order valence-electron chi connectivity index (χ2n) is 4.70. The minimum atomic E-state index is -1.06. The Morgan fingerprint density at radius 2 is 2.00 bits per heavy atom. The summed E-state index contributed by atoms with van der Waals surface area (Å²) in [6.07, 6.45) is 0. The number of ether oxygens (including phenoxy) is 1. The van der Waals surface area contributed by atoms with Crippen LogP contribution < -0.4 is 10.1 Å². The van der Waals surface area contributed by atoms with Gasteiger partial charge in [0, 0.05) is 11.5 Å². The van der Waals surface area contributed by atoms with Crippen LogP contribution in [0.4, 0.5) is 11.5 Å². The van der Waals surface area contributed by atoms with Crippen molar-refractivity contribution < 1.29 is 14.6 Å². The van der Waals surface area contributed by atoms with Crippen LogP contribution in [0.3, 0.4) is 0 Å². The minimum absolute atomic E-state index is 0.0750. The van der Waals surface area contributed by atoms with E-state index in [-0.39, 0.29) is 10.8 Å². The second-order valence-corrected chi connectivity index (χ2v) is 5.04. The Balaban J connectivity index is 2.14. The van der Waals surface area contributed by atoms with E-state index in [2.05, 4.69) is 15.3 Å². The van der Waals surface area contributed by atoms with Gasteiger partial charge in [0.1, 0.15) is 11.6 Å². The van der Waals surface area contributed by atoms with Gasteiger partial charge in [-0.15, -0.1) is 0 Å². The number of anilines is 2. The molecule has 7 heteroatoms. The van der Waals surface area contributed by atoms with Gasteiger partial charge in [-0.2, -0.15) is 4.98 Å². The van der Waals surface area contributed by atoms with Crippen molar-refractivity contribution in [1.82, 2.24) is 9.97 Å². The summed E-state index contributed by atoms with van der Waals surface area (Å²) >= 11 is 5.95. The number of nitrogens with one attached hydrogen (secondary N) is 1. The molecule has 0 aliphatic carbocycles. The highest BCUT2D eigenvalue weighted by Crippen LogP contribution is 2.29. The molecule has 1 heterocycles. The first-order chi connectivity index (χ1) is 11.1. The van der Waals surface area contributed by atoms with Gasteiger partial charge < -0.3 is 15.2 Å². The number of rotatable bonds is 4. The molecule has 0 bridgehead atoms. The number of carboxylic acid groups (broad SMARTS) is 1. The normalized spacial score (nSPS) is 10.5. The summed E-state index contributed by atoms with van der Waals surface area (Å²) in [6.45, 7) is 0. The molecule has 0 aliphatic heterocycles. The quantitative estimate of drug-likeness (QED) is 0.709. The van der Waals surface area contributed by atoms with Gasteiger partial charge in [0.25, 0.3) is 0 Å². The number of nitrogens with zero attached hydrogens (tertiary/aromatic N) is 2. The fraction of sp³-hybridized carbons (Fsp3) is 0.0625. The lowest BCUT2D eigenvalue weighted by molar-refractivity contribution is 0.0698. The van der Waals surface area contributed by atoms with E-state index in [0.29, 0.717) is 22.8 Å². The molecule has 0 spiro atoms. The van der Waals surface area contributed by atoms with Crippen LogP contribution in [0.25, 0.3) is 10.9 Å². The average Bonchev–Trinajstić information content (AvgIpc) is 2.54. The molecule has 23 heavy (non-hydrogen) atoms. The monoisotopic (exact) mass is 329 g/mol. The van der Waals surface area contributed by atoms with E-state index in [9.17, 15) is 9.90 Å². The molecule has 3 rings (SSSR count). The van der Waals surface area contributed by atoms with Crippen LogP contribution in [0, 0.1) is 0 Å². The van der Waals surface area contributed by atoms with Gasteiger partial charge in [-0.1, -0.05) is 12.1 Å². The van der Waals surface area contributed by atoms with Crippen LogP contribution in [0.2, 0.25) is 5.28 Å². The lowest BCUT2D eigenvalue weighted by atomic mass is 10.1.